The Morgan fingerprint density at radius 1 is 1.08 bits per heavy atom. The molecule has 0 aliphatic heterocycles. The minimum absolute atomic E-state index is 0.0199. The van der Waals surface area contributed by atoms with Crippen LogP contribution in [0.1, 0.15) is 59.8 Å². The van der Waals surface area contributed by atoms with Crippen molar-refractivity contribution in [1.29, 1.82) is 0 Å². The number of rotatable bonds is 8. The number of anilines is 2. The van der Waals surface area contributed by atoms with Gasteiger partial charge in [-0.25, -0.2) is 9.97 Å². The SMILES string of the molecule is CCCCCNC(=O)c1cc(Nc2ccc(C(C)=O)cc2)nc(C)n1. The number of nitrogens with one attached hydrogen (secondary N) is 2. The third-order valence-corrected chi connectivity index (χ3v) is 3.70. The lowest BCUT2D eigenvalue weighted by Crippen LogP contribution is -2.25. The Morgan fingerprint density at radius 2 is 1.80 bits per heavy atom. The first kappa shape index (κ1) is 18.6. The van der Waals surface area contributed by atoms with E-state index in [-0.39, 0.29) is 11.7 Å². The number of aryl methyl sites for hydroxylation is 1. The van der Waals surface area contributed by atoms with Crippen LogP contribution < -0.4 is 10.6 Å². The number of hydrogen-bond acceptors (Lipinski definition) is 5. The normalized spacial score (nSPS) is 10.4. The summed E-state index contributed by atoms with van der Waals surface area (Å²) in [5, 5.41) is 6.02. The van der Waals surface area contributed by atoms with E-state index in [1.165, 1.54) is 6.92 Å². The maximum Gasteiger partial charge on any atom is 0.270 e. The van der Waals surface area contributed by atoms with Gasteiger partial charge >= 0.3 is 0 Å². The van der Waals surface area contributed by atoms with Gasteiger partial charge < -0.3 is 10.6 Å². The largest absolute Gasteiger partial charge is 0.351 e. The molecule has 2 N–H and O–H groups in total. The number of unbranched alkanes of at least 4 members (excludes halogenated alkanes) is 2. The van der Waals surface area contributed by atoms with Crippen LogP contribution in [0.3, 0.4) is 0 Å². The Labute approximate surface area is 148 Å². The summed E-state index contributed by atoms with van der Waals surface area (Å²) in [6, 6.07) is 8.73. The summed E-state index contributed by atoms with van der Waals surface area (Å²) in [5.74, 6) is 0.883. The van der Waals surface area contributed by atoms with Crippen LogP contribution >= 0.6 is 0 Å². The second-order valence-electron chi connectivity index (χ2n) is 5.91. The Balaban J connectivity index is 2.07. The fourth-order valence-electron chi connectivity index (χ4n) is 2.35. The molecule has 0 bridgehead atoms. The molecule has 2 rings (SSSR count). The second kappa shape index (κ2) is 8.92. The molecule has 25 heavy (non-hydrogen) atoms. The Morgan fingerprint density at radius 3 is 2.44 bits per heavy atom. The molecule has 0 aliphatic carbocycles. The summed E-state index contributed by atoms with van der Waals surface area (Å²) in [4.78, 5) is 32.1. The molecule has 1 amide bonds. The monoisotopic (exact) mass is 340 g/mol. The molecule has 0 atom stereocenters. The highest BCUT2D eigenvalue weighted by Crippen LogP contribution is 2.16. The smallest absolute Gasteiger partial charge is 0.270 e. The highest BCUT2D eigenvalue weighted by atomic mass is 16.1. The maximum atomic E-state index is 12.2. The molecule has 0 saturated carbocycles. The van der Waals surface area contributed by atoms with Crippen molar-refractivity contribution in [2.45, 2.75) is 40.0 Å². The third kappa shape index (κ3) is 5.67. The van der Waals surface area contributed by atoms with E-state index >= 15 is 0 Å². The van der Waals surface area contributed by atoms with Crippen LogP contribution in [0.15, 0.2) is 30.3 Å². The lowest BCUT2D eigenvalue weighted by molar-refractivity contribution is 0.0946. The van der Waals surface area contributed by atoms with Gasteiger partial charge in [-0.15, -0.1) is 0 Å². The molecule has 6 heteroatoms. The number of nitrogens with zero attached hydrogens (tertiary/aromatic N) is 2. The molecule has 0 fully saturated rings. The van der Waals surface area contributed by atoms with E-state index in [0.717, 1.165) is 24.9 Å². The van der Waals surface area contributed by atoms with Crippen LogP contribution in [0.25, 0.3) is 0 Å². The van der Waals surface area contributed by atoms with Crippen molar-refractivity contribution in [2.75, 3.05) is 11.9 Å². The van der Waals surface area contributed by atoms with Gasteiger partial charge in [0.2, 0.25) is 0 Å². The van der Waals surface area contributed by atoms with Crippen LogP contribution in [0.2, 0.25) is 0 Å². The van der Waals surface area contributed by atoms with Crippen molar-refractivity contribution in [2.24, 2.45) is 0 Å². The average molecular weight is 340 g/mol. The summed E-state index contributed by atoms with van der Waals surface area (Å²) >= 11 is 0. The molecule has 0 radical (unpaired) electrons. The number of carbonyl (C=O) groups is 2. The fraction of sp³-hybridized carbons (Fsp3) is 0.368. The highest BCUT2D eigenvalue weighted by Gasteiger charge is 2.10. The van der Waals surface area contributed by atoms with E-state index in [1.807, 2.05) is 0 Å². The number of benzene rings is 1. The zero-order valence-electron chi connectivity index (χ0n) is 14.9. The predicted octanol–water partition coefficient (Wildman–Crippen LogP) is 3.65. The van der Waals surface area contributed by atoms with E-state index < -0.39 is 0 Å². The summed E-state index contributed by atoms with van der Waals surface area (Å²) in [7, 11) is 0. The van der Waals surface area contributed by atoms with E-state index in [0.29, 0.717) is 29.4 Å². The molecule has 0 saturated heterocycles. The number of Topliss-reactive ketones (excluding diaryl/α,β-unsaturated/α-hetero) is 1. The van der Waals surface area contributed by atoms with Gasteiger partial charge in [0.1, 0.15) is 17.3 Å². The Hall–Kier alpha value is -2.76. The number of aromatic nitrogens is 2. The van der Waals surface area contributed by atoms with E-state index in [1.54, 1.807) is 37.3 Å². The molecule has 2 aromatic rings. The van der Waals surface area contributed by atoms with Crippen molar-refractivity contribution in [3.63, 3.8) is 0 Å². The fourth-order valence-corrected chi connectivity index (χ4v) is 2.35. The molecule has 6 nitrogen and oxygen atoms in total. The van der Waals surface area contributed by atoms with Crippen molar-refractivity contribution in [3.05, 3.63) is 47.4 Å². The van der Waals surface area contributed by atoms with Crippen LogP contribution in [-0.4, -0.2) is 28.2 Å². The van der Waals surface area contributed by atoms with Gasteiger partial charge in [-0.2, -0.15) is 0 Å². The van der Waals surface area contributed by atoms with Crippen LogP contribution in [0.5, 0.6) is 0 Å². The van der Waals surface area contributed by atoms with Crippen LogP contribution in [0.4, 0.5) is 11.5 Å². The van der Waals surface area contributed by atoms with Crippen molar-refractivity contribution in [3.8, 4) is 0 Å². The number of carbonyl (C=O) groups excluding carboxylic acids is 2. The summed E-state index contributed by atoms with van der Waals surface area (Å²) in [6.45, 7) is 6.04. The zero-order chi connectivity index (χ0) is 18.2. The molecular formula is C19H24N4O2. The van der Waals surface area contributed by atoms with Gasteiger partial charge in [-0.1, -0.05) is 19.8 Å². The van der Waals surface area contributed by atoms with Crippen molar-refractivity contribution >= 4 is 23.2 Å². The molecule has 0 unspecified atom stereocenters. The second-order valence-corrected chi connectivity index (χ2v) is 5.91. The van der Waals surface area contributed by atoms with E-state index in [4.69, 9.17) is 0 Å². The third-order valence-electron chi connectivity index (χ3n) is 3.70. The van der Waals surface area contributed by atoms with Gasteiger partial charge in [-0.05, 0) is 44.5 Å². The minimum Gasteiger partial charge on any atom is -0.351 e. The predicted molar refractivity (Wildman–Crippen MR) is 98.4 cm³/mol. The molecule has 1 aromatic heterocycles. The maximum absolute atomic E-state index is 12.2. The number of amides is 1. The molecule has 0 spiro atoms. The average Bonchev–Trinajstić information content (AvgIpc) is 2.58. The number of hydrogen-bond donors (Lipinski definition) is 2. The number of ketones is 1. The first-order chi connectivity index (χ1) is 12.0. The summed E-state index contributed by atoms with van der Waals surface area (Å²) in [6.07, 6.45) is 3.16. The zero-order valence-corrected chi connectivity index (χ0v) is 14.9. The Bertz CT molecular complexity index is 742. The van der Waals surface area contributed by atoms with E-state index in [9.17, 15) is 9.59 Å². The van der Waals surface area contributed by atoms with Crippen LogP contribution in [0, 0.1) is 6.92 Å². The van der Waals surface area contributed by atoms with E-state index in [2.05, 4.69) is 27.5 Å². The topological polar surface area (TPSA) is 84.0 Å². The standard InChI is InChI=1S/C19H24N4O2/c1-4-5-6-11-20-19(25)17-12-18(22-14(3)21-17)23-16-9-7-15(8-10-16)13(2)24/h7-10,12H,4-6,11H2,1-3H3,(H,20,25)(H,21,22,23). The molecule has 1 heterocycles. The van der Waals surface area contributed by atoms with Crippen LogP contribution in [-0.2, 0) is 0 Å². The molecule has 1 aromatic carbocycles. The molecule has 132 valence electrons. The first-order valence-corrected chi connectivity index (χ1v) is 8.51. The quantitative estimate of drug-likeness (QED) is 0.566. The van der Waals surface area contributed by atoms with Gasteiger partial charge in [0, 0.05) is 23.9 Å². The van der Waals surface area contributed by atoms with Gasteiger partial charge in [0.15, 0.2) is 5.78 Å². The first-order valence-electron chi connectivity index (χ1n) is 8.51. The highest BCUT2D eigenvalue weighted by molar-refractivity contribution is 5.94. The summed E-state index contributed by atoms with van der Waals surface area (Å²) < 4.78 is 0. The van der Waals surface area contributed by atoms with Gasteiger partial charge in [-0.3, -0.25) is 9.59 Å². The molecular weight excluding hydrogens is 316 g/mol. The van der Waals surface area contributed by atoms with Gasteiger partial charge in [0.25, 0.3) is 5.91 Å². The van der Waals surface area contributed by atoms with Crippen molar-refractivity contribution < 1.29 is 9.59 Å². The molecule has 0 aliphatic rings. The minimum atomic E-state index is -0.198. The lowest BCUT2D eigenvalue weighted by atomic mass is 10.1. The Kier molecular flexibility index (Phi) is 6.62. The summed E-state index contributed by atoms with van der Waals surface area (Å²) in [5.41, 5.74) is 1.78. The lowest BCUT2D eigenvalue weighted by Gasteiger charge is -2.09. The van der Waals surface area contributed by atoms with Gasteiger partial charge in [0.05, 0.1) is 0 Å². The van der Waals surface area contributed by atoms with Crippen molar-refractivity contribution in [1.82, 2.24) is 15.3 Å².